The molecule has 5 rings (SSSR count). The fourth-order valence-electron chi connectivity index (χ4n) is 6.67. The Morgan fingerprint density at radius 2 is 1.71 bits per heavy atom. The first kappa shape index (κ1) is 31.5. The molecule has 42 heavy (non-hydrogen) atoms. The summed E-state index contributed by atoms with van der Waals surface area (Å²) in [5.74, 6) is -0.914. The van der Waals surface area contributed by atoms with Crippen LogP contribution in [0.3, 0.4) is 0 Å². The lowest BCUT2D eigenvalue weighted by Crippen LogP contribution is -2.45. The molecule has 2 heterocycles. The Bertz CT molecular complexity index is 1450. The highest BCUT2D eigenvalue weighted by atomic mass is 127. The first-order valence-corrected chi connectivity index (χ1v) is 19.2. The van der Waals surface area contributed by atoms with Gasteiger partial charge in [0.1, 0.15) is 0 Å². The molecular formula is C32H35FI2N2O4Si. The van der Waals surface area contributed by atoms with Gasteiger partial charge in [-0.15, -0.1) is 0 Å². The van der Waals surface area contributed by atoms with Gasteiger partial charge in [-0.25, -0.2) is 0 Å². The van der Waals surface area contributed by atoms with Gasteiger partial charge in [0, 0.05) is 37.3 Å². The number of nitrogens with zero attached hydrogens (tertiary/aromatic N) is 2. The maximum Gasteiger partial charge on any atom is 0.264 e. The summed E-state index contributed by atoms with van der Waals surface area (Å²) in [5.41, 5.74) is 1.47. The molecule has 0 unspecified atom stereocenters. The van der Waals surface area contributed by atoms with Crippen LogP contribution in [0, 0.1) is 13.1 Å². The summed E-state index contributed by atoms with van der Waals surface area (Å²) in [6.07, 6.45) is -0.836. The summed E-state index contributed by atoms with van der Waals surface area (Å²) in [7, 11) is -3.42. The minimum absolute atomic E-state index is 0.0619. The summed E-state index contributed by atoms with van der Waals surface area (Å²) in [5, 5.41) is 9.72. The van der Waals surface area contributed by atoms with Crippen LogP contribution in [0.15, 0.2) is 72.8 Å². The van der Waals surface area contributed by atoms with Gasteiger partial charge in [0.2, 0.25) is 14.3 Å². The highest BCUT2D eigenvalue weighted by Gasteiger charge is 2.67. The lowest BCUT2D eigenvalue weighted by atomic mass is 9.82. The van der Waals surface area contributed by atoms with E-state index in [1.807, 2.05) is 79.7 Å². The van der Waals surface area contributed by atoms with Crippen molar-refractivity contribution in [2.45, 2.75) is 56.8 Å². The molecule has 3 aromatic carbocycles. The molecule has 1 N–H and O–H groups in total. The monoisotopic (exact) mass is 812 g/mol. The molecule has 1 fully saturated rings. The molecule has 2 aliphatic rings. The zero-order chi connectivity index (χ0) is 30.2. The summed E-state index contributed by atoms with van der Waals surface area (Å²) in [4.78, 5) is 31.6. The predicted molar refractivity (Wildman–Crippen MR) is 181 cm³/mol. The van der Waals surface area contributed by atoms with E-state index in [2.05, 4.69) is 45.2 Å². The molecule has 3 aromatic rings. The van der Waals surface area contributed by atoms with Crippen LogP contribution in [0.1, 0.15) is 30.0 Å². The molecule has 0 radical (unpaired) electrons. The Morgan fingerprint density at radius 3 is 2.36 bits per heavy atom. The summed E-state index contributed by atoms with van der Waals surface area (Å²) >= 11 is 4.49. The number of anilines is 1. The Labute approximate surface area is 275 Å². The van der Waals surface area contributed by atoms with Crippen molar-refractivity contribution in [2.75, 3.05) is 18.1 Å². The first-order chi connectivity index (χ1) is 20.0. The molecule has 2 amide bonds. The van der Waals surface area contributed by atoms with E-state index < -0.39 is 31.6 Å². The number of aliphatic hydroxyl groups is 1. The number of benzene rings is 3. The van der Waals surface area contributed by atoms with Gasteiger partial charge >= 0.3 is 0 Å². The van der Waals surface area contributed by atoms with E-state index in [-0.39, 0.29) is 31.4 Å². The molecule has 4 atom stereocenters. The van der Waals surface area contributed by atoms with Gasteiger partial charge in [0.25, 0.3) is 5.91 Å². The van der Waals surface area contributed by atoms with Crippen LogP contribution in [-0.4, -0.2) is 49.5 Å². The maximum absolute atomic E-state index is 16.2. The van der Waals surface area contributed by atoms with E-state index in [9.17, 15) is 14.7 Å². The van der Waals surface area contributed by atoms with Crippen molar-refractivity contribution >= 4 is 71.1 Å². The average molecular weight is 813 g/mol. The zero-order valence-electron chi connectivity index (χ0n) is 23.9. The minimum Gasteiger partial charge on any atom is -0.395 e. The van der Waals surface area contributed by atoms with Crippen LogP contribution in [0.5, 0.6) is 0 Å². The average Bonchev–Trinajstić information content (AvgIpc) is 3.36. The second kappa shape index (κ2) is 12.6. The van der Waals surface area contributed by atoms with Gasteiger partial charge in [-0.1, -0.05) is 49.4 Å². The normalized spacial score (nSPS) is 23.5. The molecule has 222 valence electrons. The van der Waals surface area contributed by atoms with Gasteiger partial charge in [0.15, 0.2) is 5.60 Å². The quantitative estimate of drug-likeness (QED) is 0.150. The summed E-state index contributed by atoms with van der Waals surface area (Å²) in [6, 6.07) is 23.5. The van der Waals surface area contributed by atoms with E-state index in [1.54, 1.807) is 22.9 Å². The molecule has 6 nitrogen and oxygen atoms in total. The Balaban J connectivity index is 1.50. The molecule has 2 aliphatic heterocycles. The van der Waals surface area contributed by atoms with Crippen LogP contribution < -0.4 is 4.90 Å². The predicted octanol–water partition coefficient (Wildman–Crippen LogP) is 6.63. The molecule has 0 saturated carbocycles. The largest absolute Gasteiger partial charge is 0.395 e. The number of halogens is 3. The van der Waals surface area contributed by atoms with Crippen molar-refractivity contribution in [3.63, 3.8) is 0 Å². The van der Waals surface area contributed by atoms with Crippen molar-refractivity contribution in [1.29, 1.82) is 0 Å². The van der Waals surface area contributed by atoms with Crippen LogP contribution in [0.2, 0.25) is 18.6 Å². The van der Waals surface area contributed by atoms with E-state index >= 15 is 4.11 Å². The van der Waals surface area contributed by atoms with Crippen molar-refractivity contribution < 1.29 is 23.5 Å². The fourth-order valence-corrected chi connectivity index (χ4v) is 10.0. The number of carbonyl (C=O) groups is 2. The Hall–Kier alpha value is -1.87. The number of aliphatic hydroxyl groups excluding tert-OH is 1. The van der Waals surface area contributed by atoms with Crippen molar-refractivity contribution in [3.8, 4) is 0 Å². The topological polar surface area (TPSA) is 70.1 Å². The lowest BCUT2D eigenvalue weighted by Gasteiger charge is -2.31. The Kier molecular flexibility index (Phi) is 9.48. The Morgan fingerprint density at radius 1 is 1.05 bits per heavy atom. The number of ether oxygens (including phenoxy) is 1. The molecular weight excluding hydrogens is 777 g/mol. The second-order valence-electron chi connectivity index (χ2n) is 11.7. The molecule has 0 aromatic heterocycles. The van der Waals surface area contributed by atoms with Crippen molar-refractivity contribution in [3.05, 3.63) is 96.6 Å². The number of fused-ring (bicyclic) bond motifs is 2. The zero-order valence-corrected chi connectivity index (χ0v) is 29.2. The fraction of sp³-hybridized carbons (Fsp3) is 0.375. The molecule has 1 spiro atoms. The third kappa shape index (κ3) is 6.06. The van der Waals surface area contributed by atoms with Crippen LogP contribution >= 0.6 is 45.2 Å². The van der Waals surface area contributed by atoms with Gasteiger partial charge in [0.05, 0.1) is 31.4 Å². The van der Waals surface area contributed by atoms with E-state index in [4.69, 9.17) is 4.74 Å². The van der Waals surface area contributed by atoms with E-state index in [1.165, 1.54) is 0 Å². The molecule has 0 aliphatic carbocycles. The molecule has 1 saturated heterocycles. The van der Waals surface area contributed by atoms with E-state index in [0.29, 0.717) is 13.1 Å². The second-order valence-corrected chi connectivity index (χ2v) is 18.0. The van der Waals surface area contributed by atoms with Crippen LogP contribution in [0.4, 0.5) is 9.80 Å². The third-order valence-electron chi connectivity index (χ3n) is 8.49. The third-order valence-corrected chi connectivity index (χ3v) is 12.3. The number of amides is 2. The summed E-state index contributed by atoms with van der Waals surface area (Å²) in [6.45, 7) is 5.87. The number of hydrogen-bond donors (Lipinski definition) is 1. The smallest absolute Gasteiger partial charge is 0.264 e. The number of carbonyl (C=O) groups excluding carboxylic acids is 2. The standard InChI is InChI=1S/C32H35FI2N2O4Si/c1-21-30(42(2,3)33)28(18-29(39)36(15-16-38)19-22-7-5-4-6-8-22)41-32(21)26-17-25(35)13-14-27(26)37(31(32)40)20-23-9-11-24(34)12-10-23/h4-14,17,21,28,30,38H,15-16,18-20H2,1-3H3/t21-,28+,30-,32+/m1/s1. The van der Waals surface area contributed by atoms with Crippen molar-refractivity contribution in [2.24, 2.45) is 5.92 Å². The van der Waals surface area contributed by atoms with Gasteiger partial charge < -0.3 is 23.8 Å². The van der Waals surface area contributed by atoms with Crippen LogP contribution in [-0.2, 0) is 33.0 Å². The van der Waals surface area contributed by atoms with Crippen molar-refractivity contribution in [1.82, 2.24) is 4.90 Å². The number of hydrogen-bond acceptors (Lipinski definition) is 4. The number of rotatable bonds is 9. The van der Waals surface area contributed by atoms with Gasteiger partial charge in [-0.3, -0.25) is 9.59 Å². The highest BCUT2D eigenvalue weighted by Crippen LogP contribution is 2.60. The summed E-state index contributed by atoms with van der Waals surface area (Å²) < 4.78 is 25.1. The minimum atomic E-state index is -3.42. The molecule has 0 bridgehead atoms. The first-order valence-electron chi connectivity index (χ1n) is 14.1. The maximum atomic E-state index is 16.2. The van der Waals surface area contributed by atoms with Crippen LogP contribution in [0.25, 0.3) is 0 Å². The lowest BCUT2D eigenvalue weighted by molar-refractivity contribution is -0.150. The van der Waals surface area contributed by atoms with Gasteiger partial charge in [-0.2, -0.15) is 0 Å². The molecule has 10 heteroatoms. The van der Waals surface area contributed by atoms with E-state index in [0.717, 1.165) is 29.5 Å². The SMILES string of the molecule is C[C@@H]1[C@@H]([Si](C)(C)F)[C@H](CC(=O)N(CCO)Cc2ccccc2)O[C@@]12C(=O)N(Cc1ccc(I)cc1)c1ccc(I)cc12. The van der Waals surface area contributed by atoms with Gasteiger partial charge in [-0.05, 0) is 99.7 Å². The highest BCUT2D eigenvalue weighted by molar-refractivity contribution is 14.1.